The summed E-state index contributed by atoms with van der Waals surface area (Å²) in [4.78, 5) is 22.8. The molecule has 104 valence electrons. The van der Waals surface area contributed by atoms with Crippen molar-refractivity contribution in [3.63, 3.8) is 0 Å². The highest BCUT2D eigenvalue weighted by atomic mass is 16.5. The Balaban J connectivity index is 2.57. The number of rotatable bonds is 6. The van der Waals surface area contributed by atoms with E-state index in [0.29, 0.717) is 19.4 Å². The van der Waals surface area contributed by atoms with Crippen LogP contribution in [0, 0.1) is 5.41 Å². The maximum atomic E-state index is 12.2. The summed E-state index contributed by atoms with van der Waals surface area (Å²) in [5, 5.41) is 15.0. The standard InChI is InChI=1S/C11H21N3O4/c1-18-7-11(2-4-13-5-3-11)10(17)14-6-8(15)9(12)16/h8,13,15H,2-7H2,1H3,(H2,12,16)(H,14,17). The fourth-order valence-electron chi connectivity index (χ4n) is 2.10. The van der Waals surface area contributed by atoms with E-state index >= 15 is 0 Å². The minimum Gasteiger partial charge on any atom is -0.384 e. The predicted octanol–water partition coefficient (Wildman–Crippen LogP) is -2.03. The van der Waals surface area contributed by atoms with Crippen LogP contribution in [0.4, 0.5) is 0 Å². The number of carbonyl (C=O) groups is 2. The molecule has 0 bridgehead atoms. The normalized spacial score (nSPS) is 20.1. The van der Waals surface area contributed by atoms with Crippen LogP contribution < -0.4 is 16.4 Å². The predicted molar refractivity (Wildman–Crippen MR) is 64.6 cm³/mol. The van der Waals surface area contributed by atoms with Crippen LogP contribution in [0.5, 0.6) is 0 Å². The zero-order chi connectivity index (χ0) is 13.6. The molecule has 0 radical (unpaired) electrons. The maximum absolute atomic E-state index is 12.2. The maximum Gasteiger partial charge on any atom is 0.248 e. The number of amides is 2. The third kappa shape index (κ3) is 3.66. The van der Waals surface area contributed by atoms with Gasteiger partial charge in [-0.3, -0.25) is 9.59 Å². The van der Waals surface area contributed by atoms with Gasteiger partial charge in [-0.15, -0.1) is 0 Å². The molecule has 0 aromatic rings. The quantitative estimate of drug-likeness (QED) is 0.439. The average molecular weight is 259 g/mol. The second-order valence-electron chi connectivity index (χ2n) is 4.59. The van der Waals surface area contributed by atoms with Gasteiger partial charge in [0.05, 0.1) is 18.6 Å². The molecule has 2 amide bonds. The summed E-state index contributed by atoms with van der Waals surface area (Å²) in [6.45, 7) is 1.66. The van der Waals surface area contributed by atoms with Gasteiger partial charge in [0, 0.05) is 7.11 Å². The summed E-state index contributed by atoms with van der Waals surface area (Å²) < 4.78 is 5.12. The molecular weight excluding hydrogens is 238 g/mol. The molecule has 5 N–H and O–H groups in total. The van der Waals surface area contributed by atoms with Crippen molar-refractivity contribution < 1.29 is 19.4 Å². The van der Waals surface area contributed by atoms with Crippen LogP contribution in [0.3, 0.4) is 0 Å². The lowest BCUT2D eigenvalue weighted by Crippen LogP contribution is -2.52. The number of carbonyl (C=O) groups excluding carboxylic acids is 2. The zero-order valence-electron chi connectivity index (χ0n) is 10.6. The molecule has 0 aromatic heterocycles. The van der Waals surface area contributed by atoms with Crippen LogP contribution in [0.15, 0.2) is 0 Å². The van der Waals surface area contributed by atoms with E-state index in [1.54, 1.807) is 7.11 Å². The Kier molecular flexibility index (Phi) is 5.52. The van der Waals surface area contributed by atoms with Crippen molar-refractivity contribution >= 4 is 11.8 Å². The van der Waals surface area contributed by atoms with Crippen LogP contribution in [0.2, 0.25) is 0 Å². The number of methoxy groups -OCH3 is 1. The minimum atomic E-state index is -1.35. The molecular formula is C11H21N3O4. The second-order valence-corrected chi connectivity index (χ2v) is 4.59. The van der Waals surface area contributed by atoms with E-state index < -0.39 is 17.4 Å². The zero-order valence-corrected chi connectivity index (χ0v) is 10.6. The summed E-state index contributed by atoms with van der Waals surface area (Å²) in [5.41, 5.74) is 4.33. The minimum absolute atomic E-state index is 0.160. The number of ether oxygens (including phenoxy) is 1. The highest BCUT2D eigenvalue weighted by Crippen LogP contribution is 2.29. The monoisotopic (exact) mass is 259 g/mol. The average Bonchev–Trinajstić information content (AvgIpc) is 2.36. The van der Waals surface area contributed by atoms with Crippen molar-refractivity contribution in [3.8, 4) is 0 Å². The van der Waals surface area contributed by atoms with Gasteiger partial charge in [-0.2, -0.15) is 0 Å². The molecule has 1 unspecified atom stereocenters. The van der Waals surface area contributed by atoms with E-state index in [0.717, 1.165) is 13.1 Å². The third-order valence-electron chi connectivity index (χ3n) is 3.25. The third-order valence-corrected chi connectivity index (χ3v) is 3.25. The summed E-state index contributed by atoms with van der Waals surface area (Å²) in [5.74, 6) is -1.05. The van der Waals surface area contributed by atoms with Crippen LogP contribution in [0.25, 0.3) is 0 Å². The molecule has 1 rings (SSSR count). The van der Waals surface area contributed by atoms with Crippen LogP contribution in [0.1, 0.15) is 12.8 Å². The first kappa shape index (κ1) is 14.9. The van der Waals surface area contributed by atoms with Gasteiger partial charge < -0.3 is 26.2 Å². The fraction of sp³-hybridized carbons (Fsp3) is 0.818. The Hall–Kier alpha value is -1.18. The van der Waals surface area contributed by atoms with Crippen LogP contribution >= 0.6 is 0 Å². The van der Waals surface area contributed by atoms with Gasteiger partial charge in [-0.05, 0) is 25.9 Å². The van der Waals surface area contributed by atoms with E-state index in [2.05, 4.69) is 10.6 Å². The van der Waals surface area contributed by atoms with E-state index in [4.69, 9.17) is 10.5 Å². The number of aliphatic hydroxyl groups is 1. The number of hydrogen-bond donors (Lipinski definition) is 4. The van der Waals surface area contributed by atoms with Gasteiger partial charge in [0.15, 0.2) is 0 Å². The number of piperidine rings is 1. The fourth-order valence-corrected chi connectivity index (χ4v) is 2.10. The molecule has 0 saturated carbocycles. The van der Waals surface area contributed by atoms with Gasteiger partial charge in [0.1, 0.15) is 6.10 Å². The van der Waals surface area contributed by atoms with Crippen molar-refractivity contribution in [1.82, 2.24) is 10.6 Å². The Bertz CT molecular complexity index is 297. The molecule has 1 aliphatic heterocycles. The lowest BCUT2D eigenvalue weighted by molar-refractivity contribution is -0.137. The molecule has 18 heavy (non-hydrogen) atoms. The summed E-state index contributed by atoms with van der Waals surface area (Å²) in [6.07, 6.45) is -0.0196. The number of nitrogens with one attached hydrogen (secondary N) is 2. The molecule has 1 fully saturated rings. The highest BCUT2D eigenvalue weighted by Gasteiger charge is 2.39. The molecule has 0 aromatic carbocycles. The number of aliphatic hydroxyl groups excluding tert-OH is 1. The molecule has 0 spiro atoms. The van der Waals surface area contributed by atoms with Crippen molar-refractivity contribution in [2.24, 2.45) is 11.1 Å². The molecule has 1 saturated heterocycles. The van der Waals surface area contributed by atoms with Crippen molar-refractivity contribution in [3.05, 3.63) is 0 Å². The molecule has 1 heterocycles. The number of hydrogen-bond acceptors (Lipinski definition) is 5. The van der Waals surface area contributed by atoms with E-state index in [-0.39, 0.29) is 12.5 Å². The second kappa shape index (κ2) is 6.67. The lowest BCUT2D eigenvalue weighted by Gasteiger charge is -2.35. The van der Waals surface area contributed by atoms with Crippen molar-refractivity contribution in [2.45, 2.75) is 18.9 Å². The molecule has 1 aliphatic rings. The first-order chi connectivity index (χ1) is 8.52. The van der Waals surface area contributed by atoms with Gasteiger partial charge in [-0.1, -0.05) is 0 Å². The largest absolute Gasteiger partial charge is 0.384 e. The van der Waals surface area contributed by atoms with Crippen LogP contribution in [-0.2, 0) is 14.3 Å². The highest BCUT2D eigenvalue weighted by molar-refractivity contribution is 5.84. The Morgan fingerprint density at radius 2 is 2.11 bits per heavy atom. The summed E-state index contributed by atoms with van der Waals surface area (Å²) in [7, 11) is 1.55. The van der Waals surface area contributed by atoms with Gasteiger partial charge in [0.2, 0.25) is 11.8 Å². The Labute approximate surface area is 106 Å². The van der Waals surface area contributed by atoms with E-state index in [9.17, 15) is 14.7 Å². The number of primary amides is 1. The topological polar surface area (TPSA) is 114 Å². The van der Waals surface area contributed by atoms with Gasteiger partial charge in [0.25, 0.3) is 0 Å². The van der Waals surface area contributed by atoms with E-state index in [1.807, 2.05) is 0 Å². The lowest BCUT2D eigenvalue weighted by atomic mass is 9.78. The Morgan fingerprint density at radius 1 is 1.50 bits per heavy atom. The SMILES string of the molecule is COCC1(C(=O)NCC(O)C(N)=O)CCNCC1. The molecule has 0 aliphatic carbocycles. The van der Waals surface area contributed by atoms with Gasteiger partial charge in [-0.25, -0.2) is 0 Å². The van der Waals surface area contributed by atoms with E-state index in [1.165, 1.54) is 0 Å². The van der Waals surface area contributed by atoms with Gasteiger partial charge >= 0.3 is 0 Å². The first-order valence-corrected chi connectivity index (χ1v) is 5.97. The Morgan fingerprint density at radius 3 is 2.61 bits per heavy atom. The molecule has 7 nitrogen and oxygen atoms in total. The molecule has 1 atom stereocenters. The summed E-state index contributed by atoms with van der Waals surface area (Å²) in [6, 6.07) is 0. The van der Waals surface area contributed by atoms with Crippen molar-refractivity contribution in [1.29, 1.82) is 0 Å². The summed E-state index contributed by atoms with van der Waals surface area (Å²) >= 11 is 0. The number of nitrogens with two attached hydrogens (primary N) is 1. The molecule has 7 heteroatoms. The van der Waals surface area contributed by atoms with Crippen molar-refractivity contribution in [2.75, 3.05) is 33.4 Å². The smallest absolute Gasteiger partial charge is 0.248 e. The van der Waals surface area contributed by atoms with Crippen LogP contribution in [-0.4, -0.2) is 56.4 Å². The first-order valence-electron chi connectivity index (χ1n) is 5.97.